The van der Waals surface area contributed by atoms with Crippen LogP contribution >= 0.6 is 0 Å². The van der Waals surface area contributed by atoms with Crippen molar-refractivity contribution < 1.29 is 38.1 Å². The van der Waals surface area contributed by atoms with Crippen LogP contribution in [0.25, 0.3) is 6.08 Å². The van der Waals surface area contributed by atoms with Gasteiger partial charge in [0.25, 0.3) is 0 Å². The summed E-state index contributed by atoms with van der Waals surface area (Å²) in [4.78, 5) is 49.2. The molecule has 1 saturated carbocycles. The average molecular weight is 404 g/mol. The number of carbonyl (C=O) groups excluding carboxylic acids is 4. The zero-order valence-electron chi connectivity index (χ0n) is 16.9. The maximum absolute atomic E-state index is 12.7. The second-order valence-electron chi connectivity index (χ2n) is 6.53. The SMILES string of the molecule is CCOC(=O)C1C/C(=C\c2ccc(C(=O)OC)cc2)C(C(=O)OC)(C(=O)OC)C1. The van der Waals surface area contributed by atoms with Gasteiger partial charge < -0.3 is 18.9 Å². The molecule has 0 saturated heterocycles. The zero-order chi connectivity index (χ0) is 21.6. The van der Waals surface area contributed by atoms with Crippen LogP contribution in [-0.4, -0.2) is 51.8 Å². The van der Waals surface area contributed by atoms with Gasteiger partial charge in [0.1, 0.15) is 0 Å². The number of methoxy groups -OCH3 is 3. The van der Waals surface area contributed by atoms with Gasteiger partial charge in [0.05, 0.1) is 39.4 Å². The van der Waals surface area contributed by atoms with E-state index < -0.39 is 35.2 Å². The molecule has 1 aromatic rings. The van der Waals surface area contributed by atoms with Gasteiger partial charge in [-0.25, -0.2) is 4.79 Å². The lowest BCUT2D eigenvalue weighted by molar-refractivity contribution is -0.166. The summed E-state index contributed by atoms with van der Waals surface area (Å²) >= 11 is 0. The molecule has 1 unspecified atom stereocenters. The summed E-state index contributed by atoms with van der Waals surface area (Å²) in [6.45, 7) is 1.87. The van der Waals surface area contributed by atoms with E-state index in [0.717, 1.165) is 0 Å². The van der Waals surface area contributed by atoms with Gasteiger partial charge in [0.2, 0.25) is 0 Å². The van der Waals surface area contributed by atoms with Crippen LogP contribution in [0, 0.1) is 11.3 Å². The van der Waals surface area contributed by atoms with Crippen LogP contribution in [0.4, 0.5) is 0 Å². The van der Waals surface area contributed by atoms with E-state index in [1.54, 1.807) is 37.3 Å². The molecule has 0 aliphatic heterocycles. The summed E-state index contributed by atoms with van der Waals surface area (Å²) in [6, 6.07) is 6.43. The van der Waals surface area contributed by atoms with Gasteiger partial charge in [-0.2, -0.15) is 0 Å². The van der Waals surface area contributed by atoms with Crippen molar-refractivity contribution in [3.8, 4) is 0 Å². The third-order valence-corrected chi connectivity index (χ3v) is 4.93. The Morgan fingerprint density at radius 3 is 2.07 bits per heavy atom. The van der Waals surface area contributed by atoms with Crippen molar-refractivity contribution in [2.45, 2.75) is 19.8 Å². The lowest BCUT2D eigenvalue weighted by Gasteiger charge is -2.25. The number of hydrogen-bond donors (Lipinski definition) is 0. The Morgan fingerprint density at radius 2 is 1.59 bits per heavy atom. The highest BCUT2D eigenvalue weighted by Gasteiger charge is 2.58. The second-order valence-corrected chi connectivity index (χ2v) is 6.53. The van der Waals surface area contributed by atoms with Gasteiger partial charge in [0.15, 0.2) is 5.41 Å². The number of benzene rings is 1. The summed E-state index contributed by atoms with van der Waals surface area (Å²) in [5.41, 5.74) is -0.353. The lowest BCUT2D eigenvalue weighted by atomic mass is 9.80. The monoisotopic (exact) mass is 404 g/mol. The summed E-state index contributed by atoms with van der Waals surface area (Å²) in [5, 5.41) is 0. The quantitative estimate of drug-likeness (QED) is 0.404. The molecule has 0 heterocycles. The first-order chi connectivity index (χ1) is 13.8. The second kappa shape index (κ2) is 9.36. The van der Waals surface area contributed by atoms with Gasteiger partial charge >= 0.3 is 23.9 Å². The molecule has 0 amide bonds. The fourth-order valence-corrected chi connectivity index (χ4v) is 3.52. The zero-order valence-corrected chi connectivity index (χ0v) is 16.9. The molecule has 1 fully saturated rings. The minimum atomic E-state index is -1.73. The van der Waals surface area contributed by atoms with Crippen LogP contribution < -0.4 is 0 Å². The summed E-state index contributed by atoms with van der Waals surface area (Å²) in [7, 11) is 3.63. The third kappa shape index (κ3) is 4.31. The van der Waals surface area contributed by atoms with Crippen molar-refractivity contribution in [1.29, 1.82) is 0 Å². The molecule has 8 nitrogen and oxygen atoms in total. The van der Waals surface area contributed by atoms with Gasteiger partial charge in [0, 0.05) is 0 Å². The molecular formula is C21H24O8. The van der Waals surface area contributed by atoms with Crippen molar-refractivity contribution in [3.63, 3.8) is 0 Å². The van der Waals surface area contributed by atoms with Gasteiger partial charge in [-0.15, -0.1) is 0 Å². The Balaban J connectivity index is 2.52. The molecule has 0 N–H and O–H groups in total. The molecule has 0 aromatic heterocycles. The average Bonchev–Trinajstić information content (AvgIpc) is 3.13. The fourth-order valence-electron chi connectivity index (χ4n) is 3.52. The molecule has 0 bridgehead atoms. The third-order valence-electron chi connectivity index (χ3n) is 4.93. The number of carbonyl (C=O) groups is 4. The van der Waals surface area contributed by atoms with Crippen molar-refractivity contribution in [2.24, 2.45) is 11.3 Å². The highest BCUT2D eigenvalue weighted by molar-refractivity contribution is 6.06. The number of hydrogen-bond acceptors (Lipinski definition) is 8. The van der Waals surface area contributed by atoms with E-state index >= 15 is 0 Å². The largest absolute Gasteiger partial charge is 0.468 e. The number of ether oxygens (including phenoxy) is 4. The van der Waals surface area contributed by atoms with Gasteiger partial charge in [-0.05, 0) is 43.0 Å². The van der Waals surface area contributed by atoms with Crippen molar-refractivity contribution in [3.05, 3.63) is 41.0 Å². The van der Waals surface area contributed by atoms with E-state index in [4.69, 9.17) is 14.2 Å². The predicted molar refractivity (Wildman–Crippen MR) is 102 cm³/mol. The molecule has 0 radical (unpaired) electrons. The molecule has 0 spiro atoms. The highest BCUT2D eigenvalue weighted by Crippen LogP contribution is 2.49. The number of esters is 4. The Labute approximate surface area is 168 Å². The first-order valence-electron chi connectivity index (χ1n) is 9.06. The fraction of sp³-hybridized carbons (Fsp3) is 0.429. The topological polar surface area (TPSA) is 105 Å². The highest BCUT2D eigenvalue weighted by atomic mass is 16.5. The molecule has 1 aromatic carbocycles. The van der Waals surface area contributed by atoms with Crippen LogP contribution in [-0.2, 0) is 33.3 Å². The molecule has 156 valence electrons. The molecule has 8 heteroatoms. The maximum atomic E-state index is 12.7. The summed E-state index contributed by atoms with van der Waals surface area (Å²) in [6.07, 6.45) is 1.67. The molecular weight excluding hydrogens is 380 g/mol. The first kappa shape index (κ1) is 22.1. The van der Waals surface area contributed by atoms with Crippen molar-refractivity contribution in [1.82, 2.24) is 0 Å². The van der Waals surface area contributed by atoms with Crippen molar-refractivity contribution >= 4 is 30.0 Å². The lowest BCUT2D eigenvalue weighted by Crippen LogP contribution is -2.41. The minimum Gasteiger partial charge on any atom is -0.468 e. The van der Waals surface area contributed by atoms with E-state index in [0.29, 0.717) is 16.7 Å². The summed E-state index contributed by atoms with van der Waals surface area (Å²) < 4.78 is 19.5. The van der Waals surface area contributed by atoms with Crippen molar-refractivity contribution in [2.75, 3.05) is 27.9 Å². The van der Waals surface area contributed by atoms with Gasteiger partial charge in [-0.3, -0.25) is 14.4 Å². The van der Waals surface area contributed by atoms with Crippen LogP contribution in [0.5, 0.6) is 0 Å². The first-order valence-corrected chi connectivity index (χ1v) is 9.06. The smallest absolute Gasteiger partial charge is 0.337 e. The Hall–Kier alpha value is -3.16. The van der Waals surface area contributed by atoms with E-state index in [1.807, 2.05) is 0 Å². The van der Waals surface area contributed by atoms with Gasteiger partial charge in [-0.1, -0.05) is 18.2 Å². The normalized spacial score (nSPS) is 18.8. The van der Waals surface area contributed by atoms with E-state index in [1.165, 1.54) is 21.3 Å². The molecule has 1 aliphatic rings. The standard InChI is InChI=1S/C21H24O8/c1-5-29-18(23)15-11-16(21(12-15,19(24)27-3)20(25)28-4)10-13-6-8-14(9-7-13)17(22)26-2/h6-10,15H,5,11-12H2,1-4H3/b16-10+. The molecule has 2 rings (SSSR count). The van der Waals surface area contributed by atoms with Crippen LogP contribution in [0.2, 0.25) is 0 Å². The predicted octanol–water partition coefficient (Wildman–Crippen LogP) is 2.16. The van der Waals surface area contributed by atoms with Crippen LogP contribution in [0.1, 0.15) is 35.7 Å². The van der Waals surface area contributed by atoms with Crippen LogP contribution in [0.3, 0.4) is 0 Å². The minimum absolute atomic E-state index is 0.0999. The molecule has 1 aliphatic carbocycles. The number of rotatable bonds is 6. The molecule has 29 heavy (non-hydrogen) atoms. The van der Waals surface area contributed by atoms with Crippen LogP contribution in [0.15, 0.2) is 29.8 Å². The van der Waals surface area contributed by atoms with E-state index in [9.17, 15) is 19.2 Å². The Bertz CT molecular complexity index is 806. The Morgan fingerprint density at radius 1 is 1.00 bits per heavy atom. The summed E-state index contributed by atoms with van der Waals surface area (Å²) in [5.74, 6) is -3.25. The maximum Gasteiger partial charge on any atom is 0.337 e. The van der Waals surface area contributed by atoms with E-state index in [2.05, 4.69) is 4.74 Å². The Kier molecular flexibility index (Phi) is 7.14. The molecule has 1 atom stereocenters. The van der Waals surface area contributed by atoms with E-state index in [-0.39, 0.29) is 19.4 Å².